The Bertz CT molecular complexity index is 284. The van der Waals surface area contributed by atoms with Gasteiger partial charge < -0.3 is 10.6 Å². The molecule has 0 spiro atoms. The highest BCUT2D eigenvalue weighted by molar-refractivity contribution is 7.13. The molecule has 2 N–H and O–H groups in total. The van der Waals surface area contributed by atoms with E-state index in [0.29, 0.717) is 6.04 Å². The molecule has 1 saturated heterocycles. The molecule has 1 aromatic rings. The highest BCUT2D eigenvalue weighted by atomic mass is 32.1. The molecule has 0 amide bonds. The van der Waals surface area contributed by atoms with Crippen LogP contribution in [0.5, 0.6) is 0 Å². The number of hydrogen-bond donors (Lipinski definition) is 1. The number of aromatic nitrogens is 1. The summed E-state index contributed by atoms with van der Waals surface area (Å²) in [4.78, 5) is 6.76. The van der Waals surface area contributed by atoms with Crippen LogP contribution in [0.15, 0.2) is 5.38 Å². The Hall–Kier alpha value is -0.610. The minimum absolute atomic E-state index is 0.331. The lowest BCUT2D eigenvalue weighted by Crippen LogP contribution is -2.42. The Morgan fingerprint density at radius 1 is 1.69 bits per heavy atom. The summed E-state index contributed by atoms with van der Waals surface area (Å²) in [5.41, 5.74) is 7.01. The summed E-state index contributed by atoms with van der Waals surface area (Å²) < 4.78 is 0. The lowest BCUT2D eigenvalue weighted by atomic mass is 10.1. The molecule has 0 bridgehead atoms. The average Bonchev–Trinajstić information content (AvgIpc) is 2.52. The Morgan fingerprint density at radius 2 is 2.54 bits per heavy atom. The number of anilines is 1. The van der Waals surface area contributed by atoms with E-state index < -0.39 is 0 Å². The first kappa shape index (κ1) is 8.97. The molecular weight excluding hydrogens is 182 g/mol. The predicted molar refractivity (Wildman–Crippen MR) is 56.3 cm³/mol. The van der Waals surface area contributed by atoms with E-state index >= 15 is 0 Å². The topological polar surface area (TPSA) is 42.1 Å². The smallest absolute Gasteiger partial charge is 0.185 e. The zero-order chi connectivity index (χ0) is 9.26. The van der Waals surface area contributed by atoms with Gasteiger partial charge in [0.2, 0.25) is 0 Å². The van der Waals surface area contributed by atoms with Crippen molar-refractivity contribution in [1.82, 2.24) is 4.98 Å². The molecule has 1 aliphatic heterocycles. The second-order valence-electron chi connectivity index (χ2n) is 3.62. The van der Waals surface area contributed by atoms with Crippen LogP contribution in [0, 0.1) is 6.92 Å². The first-order valence-electron chi connectivity index (χ1n) is 4.68. The van der Waals surface area contributed by atoms with Crippen molar-refractivity contribution in [2.75, 3.05) is 18.0 Å². The van der Waals surface area contributed by atoms with E-state index in [4.69, 9.17) is 5.73 Å². The van der Waals surface area contributed by atoms with Crippen molar-refractivity contribution in [3.63, 3.8) is 0 Å². The zero-order valence-electron chi connectivity index (χ0n) is 7.86. The minimum atomic E-state index is 0.331. The average molecular weight is 197 g/mol. The molecule has 2 rings (SSSR count). The van der Waals surface area contributed by atoms with Gasteiger partial charge in [0.15, 0.2) is 5.13 Å². The van der Waals surface area contributed by atoms with Crippen molar-refractivity contribution in [2.24, 2.45) is 5.73 Å². The van der Waals surface area contributed by atoms with Gasteiger partial charge in [0.05, 0.1) is 5.69 Å². The van der Waals surface area contributed by atoms with Gasteiger partial charge in [0.1, 0.15) is 0 Å². The van der Waals surface area contributed by atoms with Crippen LogP contribution < -0.4 is 10.6 Å². The monoisotopic (exact) mass is 197 g/mol. The van der Waals surface area contributed by atoms with Crippen molar-refractivity contribution >= 4 is 16.5 Å². The third kappa shape index (κ3) is 2.00. The van der Waals surface area contributed by atoms with Gasteiger partial charge >= 0.3 is 0 Å². The third-order valence-electron chi connectivity index (χ3n) is 2.34. The summed E-state index contributed by atoms with van der Waals surface area (Å²) in [6.07, 6.45) is 2.35. The maximum Gasteiger partial charge on any atom is 0.185 e. The normalized spacial score (nSPS) is 23.5. The first-order chi connectivity index (χ1) is 6.25. The molecule has 2 heterocycles. The van der Waals surface area contributed by atoms with Crippen LogP contribution in [0.2, 0.25) is 0 Å². The van der Waals surface area contributed by atoms with E-state index in [1.807, 2.05) is 6.92 Å². The van der Waals surface area contributed by atoms with E-state index in [-0.39, 0.29) is 0 Å². The molecule has 0 unspecified atom stereocenters. The Labute approximate surface area is 82.6 Å². The Balaban J connectivity index is 2.08. The van der Waals surface area contributed by atoms with Crippen LogP contribution >= 0.6 is 11.3 Å². The highest BCUT2D eigenvalue weighted by Crippen LogP contribution is 2.23. The van der Waals surface area contributed by atoms with E-state index in [1.54, 1.807) is 11.3 Å². The number of aryl methyl sites for hydroxylation is 1. The molecular formula is C9H15N3S. The number of thiazole rings is 1. The molecule has 4 heteroatoms. The van der Waals surface area contributed by atoms with Gasteiger partial charge in [0.25, 0.3) is 0 Å². The fourth-order valence-corrected chi connectivity index (χ4v) is 2.51. The lowest BCUT2D eigenvalue weighted by molar-refractivity contribution is 0.505. The second-order valence-corrected chi connectivity index (χ2v) is 4.46. The Kier molecular flexibility index (Phi) is 2.51. The van der Waals surface area contributed by atoms with Crippen molar-refractivity contribution in [1.29, 1.82) is 0 Å². The first-order valence-corrected chi connectivity index (χ1v) is 5.56. The molecule has 13 heavy (non-hydrogen) atoms. The van der Waals surface area contributed by atoms with E-state index in [2.05, 4.69) is 15.3 Å². The summed E-state index contributed by atoms with van der Waals surface area (Å²) in [6, 6.07) is 0.331. The number of nitrogens with zero attached hydrogens (tertiary/aromatic N) is 2. The van der Waals surface area contributed by atoms with Crippen LogP contribution in [-0.4, -0.2) is 24.1 Å². The SMILES string of the molecule is Cc1csc(N2CCC[C@@H](N)C2)n1. The van der Waals surface area contributed by atoms with Gasteiger partial charge in [-0.2, -0.15) is 0 Å². The summed E-state index contributed by atoms with van der Waals surface area (Å²) in [7, 11) is 0. The molecule has 1 aliphatic rings. The predicted octanol–water partition coefficient (Wildman–Crippen LogP) is 1.38. The molecule has 1 aromatic heterocycles. The number of rotatable bonds is 1. The van der Waals surface area contributed by atoms with E-state index in [9.17, 15) is 0 Å². The minimum Gasteiger partial charge on any atom is -0.347 e. The molecule has 0 aliphatic carbocycles. The van der Waals surface area contributed by atoms with Crippen molar-refractivity contribution in [3.8, 4) is 0 Å². The third-order valence-corrected chi connectivity index (χ3v) is 3.35. The largest absolute Gasteiger partial charge is 0.347 e. The molecule has 0 radical (unpaired) electrons. The fraction of sp³-hybridized carbons (Fsp3) is 0.667. The summed E-state index contributed by atoms with van der Waals surface area (Å²) in [5, 5.41) is 3.22. The van der Waals surface area contributed by atoms with Gasteiger partial charge in [-0.3, -0.25) is 0 Å². The van der Waals surface area contributed by atoms with Gasteiger partial charge in [-0.1, -0.05) is 0 Å². The highest BCUT2D eigenvalue weighted by Gasteiger charge is 2.18. The van der Waals surface area contributed by atoms with Crippen LogP contribution in [0.1, 0.15) is 18.5 Å². The second kappa shape index (κ2) is 3.64. The standard InChI is InChI=1S/C9H15N3S/c1-7-6-13-9(11-7)12-4-2-3-8(10)5-12/h6,8H,2-5,10H2,1H3/t8-/m1/s1. The van der Waals surface area contributed by atoms with Crippen LogP contribution in [0.25, 0.3) is 0 Å². The summed E-state index contributed by atoms with van der Waals surface area (Å²) in [5.74, 6) is 0. The van der Waals surface area contributed by atoms with Gasteiger partial charge in [-0.05, 0) is 19.8 Å². The van der Waals surface area contributed by atoms with E-state index in [1.165, 1.54) is 6.42 Å². The maximum absolute atomic E-state index is 5.90. The zero-order valence-corrected chi connectivity index (χ0v) is 8.68. The Morgan fingerprint density at radius 3 is 3.15 bits per heavy atom. The van der Waals surface area contributed by atoms with Gasteiger partial charge in [-0.25, -0.2) is 4.98 Å². The van der Waals surface area contributed by atoms with Crippen molar-refractivity contribution < 1.29 is 0 Å². The van der Waals surface area contributed by atoms with Crippen LogP contribution in [-0.2, 0) is 0 Å². The number of hydrogen-bond acceptors (Lipinski definition) is 4. The molecule has 3 nitrogen and oxygen atoms in total. The maximum atomic E-state index is 5.90. The molecule has 1 fully saturated rings. The fourth-order valence-electron chi connectivity index (χ4n) is 1.67. The lowest BCUT2D eigenvalue weighted by Gasteiger charge is -2.30. The number of piperidine rings is 1. The van der Waals surface area contributed by atoms with Crippen molar-refractivity contribution in [2.45, 2.75) is 25.8 Å². The van der Waals surface area contributed by atoms with Crippen LogP contribution in [0.4, 0.5) is 5.13 Å². The van der Waals surface area contributed by atoms with Crippen LogP contribution in [0.3, 0.4) is 0 Å². The van der Waals surface area contributed by atoms with Gasteiger partial charge in [0, 0.05) is 24.5 Å². The summed E-state index contributed by atoms with van der Waals surface area (Å²) in [6.45, 7) is 4.11. The molecule has 72 valence electrons. The summed E-state index contributed by atoms with van der Waals surface area (Å²) >= 11 is 1.72. The number of nitrogens with two attached hydrogens (primary N) is 1. The van der Waals surface area contributed by atoms with Crippen molar-refractivity contribution in [3.05, 3.63) is 11.1 Å². The molecule has 1 atom stereocenters. The molecule has 0 aromatic carbocycles. The van der Waals surface area contributed by atoms with Gasteiger partial charge in [-0.15, -0.1) is 11.3 Å². The quantitative estimate of drug-likeness (QED) is 0.739. The van der Waals surface area contributed by atoms with E-state index in [0.717, 1.165) is 30.3 Å². The molecule has 0 saturated carbocycles.